The summed E-state index contributed by atoms with van der Waals surface area (Å²) in [5.41, 5.74) is 3.04. The molecule has 0 saturated carbocycles. The monoisotopic (exact) mass is 410 g/mol. The van der Waals surface area contributed by atoms with Crippen LogP contribution >= 0.6 is 7.82 Å². The largest absolute Gasteiger partial charge is 0.469 e. The van der Waals surface area contributed by atoms with Crippen molar-refractivity contribution in [1.29, 1.82) is 0 Å². The standard InChI is InChI=1S/C12H17F2N6O6P/c1-11(13)8(21)12(14,3-25-27(22,23)24)26-9(11)20-4-17-5-6(16-2)18-10(15)19-7(5)20/h4,8-9,21H,3H2,1-2H3,(H2,22,23,24)(H3,15,16,18,19)/t8-,9+,11+,12+/m0/s1. The maximum Gasteiger partial charge on any atom is 0.469 e. The van der Waals surface area contributed by atoms with Crippen molar-refractivity contribution in [2.45, 2.75) is 30.8 Å². The van der Waals surface area contributed by atoms with E-state index in [1.54, 1.807) is 7.05 Å². The number of rotatable bonds is 5. The fraction of sp³-hybridized carbons (Fsp3) is 0.583. The maximum absolute atomic E-state index is 15.2. The SMILES string of the molecule is CNc1nc(N)nc2c1ncn2[C@@H]1O[C@](F)(COP(=O)(O)O)[C@@H](O)[C@@]1(C)F. The van der Waals surface area contributed by atoms with Crippen molar-refractivity contribution >= 4 is 30.8 Å². The van der Waals surface area contributed by atoms with Gasteiger partial charge in [-0.15, -0.1) is 0 Å². The van der Waals surface area contributed by atoms with Crippen LogP contribution in [0.25, 0.3) is 11.2 Å². The summed E-state index contributed by atoms with van der Waals surface area (Å²) in [6.07, 6.45) is -3.13. The first-order valence-electron chi connectivity index (χ1n) is 7.50. The van der Waals surface area contributed by atoms with Crippen LogP contribution in [0.4, 0.5) is 20.5 Å². The molecule has 2 aromatic rings. The highest BCUT2D eigenvalue weighted by atomic mass is 31.2. The first-order valence-corrected chi connectivity index (χ1v) is 9.03. The van der Waals surface area contributed by atoms with Gasteiger partial charge in [-0.25, -0.2) is 18.3 Å². The second-order valence-corrected chi connectivity index (χ2v) is 7.32. The van der Waals surface area contributed by atoms with Crippen LogP contribution in [0.1, 0.15) is 13.2 Å². The van der Waals surface area contributed by atoms with Crippen LogP contribution < -0.4 is 11.1 Å². The molecule has 15 heteroatoms. The Morgan fingerprint density at radius 1 is 1.48 bits per heavy atom. The Hall–Kier alpha value is -1.96. The molecule has 6 N–H and O–H groups in total. The van der Waals surface area contributed by atoms with Crippen LogP contribution in [0, 0.1) is 0 Å². The third-order valence-corrected chi connectivity index (χ3v) is 4.56. The minimum absolute atomic E-state index is 0.00641. The fourth-order valence-corrected chi connectivity index (χ4v) is 3.16. The van der Waals surface area contributed by atoms with Crippen LogP contribution in [0.15, 0.2) is 6.33 Å². The van der Waals surface area contributed by atoms with Crippen molar-refractivity contribution in [3.63, 3.8) is 0 Å². The number of anilines is 2. The molecule has 3 heterocycles. The number of hydrogen-bond acceptors (Lipinski definition) is 9. The van der Waals surface area contributed by atoms with E-state index in [1.165, 1.54) is 0 Å². The predicted octanol–water partition coefficient (Wildman–Crippen LogP) is -0.157. The molecule has 12 nitrogen and oxygen atoms in total. The number of alkyl halides is 2. The average Bonchev–Trinajstić information content (AvgIpc) is 3.05. The van der Waals surface area contributed by atoms with E-state index in [-0.39, 0.29) is 22.9 Å². The van der Waals surface area contributed by atoms with E-state index in [0.29, 0.717) is 0 Å². The second-order valence-electron chi connectivity index (χ2n) is 6.08. The smallest absolute Gasteiger partial charge is 0.384 e. The molecule has 2 aromatic heterocycles. The number of hydrogen-bond donors (Lipinski definition) is 5. The Morgan fingerprint density at radius 2 is 2.15 bits per heavy atom. The van der Waals surface area contributed by atoms with Gasteiger partial charge in [-0.2, -0.15) is 9.97 Å². The number of phosphoric acid groups is 1. The predicted molar refractivity (Wildman–Crippen MR) is 86.8 cm³/mol. The number of halogens is 2. The topological polar surface area (TPSA) is 178 Å². The van der Waals surface area contributed by atoms with Gasteiger partial charge in [0.25, 0.3) is 5.85 Å². The first-order chi connectivity index (χ1) is 12.4. The highest BCUT2D eigenvalue weighted by Gasteiger charge is 2.65. The van der Waals surface area contributed by atoms with Gasteiger partial charge in [-0.05, 0) is 6.92 Å². The molecule has 0 unspecified atom stereocenters. The molecule has 0 amide bonds. The van der Waals surface area contributed by atoms with E-state index in [4.69, 9.17) is 20.3 Å². The molecule has 1 aliphatic heterocycles. The van der Waals surface area contributed by atoms with Gasteiger partial charge in [-0.1, -0.05) is 0 Å². The fourth-order valence-electron chi connectivity index (χ4n) is 2.81. The molecule has 0 aromatic carbocycles. The summed E-state index contributed by atoms with van der Waals surface area (Å²) in [7, 11) is -3.54. The lowest BCUT2D eigenvalue weighted by atomic mass is 9.97. The maximum atomic E-state index is 15.2. The molecule has 3 rings (SSSR count). The van der Waals surface area contributed by atoms with Crippen molar-refractivity contribution in [3.05, 3.63) is 6.33 Å². The first kappa shape index (κ1) is 19.8. The molecule has 1 fully saturated rings. The Kier molecular flexibility index (Phi) is 4.61. The number of aromatic nitrogens is 4. The molecule has 0 bridgehead atoms. The number of fused-ring (bicyclic) bond motifs is 1. The van der Waals surface area contributed by atoms with Gasteiger partial charge in [0.2, 0.25) is 5.95 Å². The van der Waals surface area contributed by atoms with Gasteiger partial charge in [0.05, 0.1) is 6.33 Å². The lowest BCUT2D eigenvalue weighted by molar-refractivity contribution is -0.204. The van der Waals surface area contributed by atoms with Gasteiger partial charge in [0.1, 0.15) is 6.61 Å². The van der Waals surface area contributed by atoms with Gasteiger partial charge >= 0.3 is 7.82 Å². The minimum atomic E-state index is -5.08. The molecule has 4 atom stereocenters. The summed E-state index contributed by atoms with van der Waals surface area (Å²) in [6, 6.07) is 0. The van der Waals surface area contributed by atoms with Crippen molar-refractivity contribution in [3.8, 4) is 0 Å². The molecule has 150 valence electrons. The zero-order chi connectivity index (χ0) is 20.2. The van der Waals surface area contributed by atoms with Gasteiger partial charge < -0.3 is 30.7 Å². The quantitative estimate of drug-likeness (QED) is 0.414. The van der Waals surface area contributed by atoms with E-state index in [9.17, 15) is 14.1 Å². The zero-order valence-corrected chi connectivity index (χ0v) is 15.0. The van der Waals surface area contributed by atoms with Crippen LogP contribution in [0.5, 0.6) is 0 Å². The third kappa shape index (κ3) is 3.35. The molecule has 1 aliphatic rings. The molecule has 0 radical (unpaired) electrons. The summed E-state index contributed by atoms with van der Waals surface area (Å²) >= 11 is 0. The number of nitrogens with zero attached hydrogens (tertiary/aromatic N) is 4. The number of imidazole rings is 1. The summed E-state index contributed by atoms with van der Waals surface area (Å²) in [4.78, 5) is 29.3. The van der Waals surface area contributed by atoms with E-state index < -0.39 is 38.3 Å². The number of phosphoric ester groups is 1. The summed E-state index contributed by atoms with van der Waals surface area (Å²) in [5.74, 6) is -3.19. The number of nitrogens with two attached hydrogens (primary N) is 1. The number of aliphatic hydroxyl groups is 1. The Bertz CT molecular complexity index is 921. The van der Waals surface area contributed by atoms with E-state index in [0.717, 1.165) is 17.8 Å². The number of aliphatic hydroxyl groups excluding tert-OH is 1. The Balaban J connectivity index is 2.03. The molecule has 27 heavy (non-hydrogen) atoms. The van der Waals surface area contributed by atoms with Crippen LogP contribution in [0.3, 0.4) is 0 Å². The summed E-state index contributed by atoms with van der Waals surface area (Å²) in [6.45, 7) is -0.545. The number of nitrogens with one attached hydrogen (secondary N) is 1. The van der Waals surface area contributed by atoms with Crippen molar-refractivity contribution in [1.82, 2.24) is 19.5 Å². The van der Waals surface area contributed by atoms with Crippen molar-refractivity contribution < 1.29 is 37.5 Å². The van der Waals surface area contributed by atoms with E-state index >= 15 is 4.39 Å². The normalized spacial score (nSPS) is 31.5. The van der Waals surface area contributed by atoms with Crippen LogP contribution in [-0.2, 0) is 13.8 Å². The van der Waals surface area contributed by atoms with Crippen molar-refractivity contribution in [2.24, 2.45) is 0 Å². The molecule has 1 saturated heterocycles. The molecular formula is C12H17F2N6O6P. The lowest BCUT2D eigenvalue weighted by Gasteiger charge is -2.25. The van der Waals surface area contributed by atoms with Gasteiger partial charge in [-0.3, -0.25) is 9.09 Å². The third-order valence-electron chi connectivity index (χ3n) is 4.09. The van der Waals surface area contributed by atoms with Crippen LogP contribution in [0.2, 0.25) is 0 Å². The summed E-state index contributed by atoms with van der Waals surface area (Å²) in [5, 5.41) is 12.8. The highest BCUT2D eigenvalue weighted by Crippen LogP contribution is 2.50. The van der Waals surface area contributed by atoms with E-state index in [1.807, 2.05) is 0 Å². The molecule has 0 aliphatic carbocycles. The highest BCUT2D eigenvalue weighted by molar-refractivity contribution is 7.46. The lowest BCUT2D eigenvalue weighted by Crippen LogP contribution is -2.46. The van der Waals surface area contributed by atoms with E-state index in [2.05, 4.69) is 24.8 Å². The average molecular weight is 410 g/mol. The second kappa shape index (κ2) is 6.29. The molecular weight excluding hydrogens is 393 g/mol. The number of ether oxygens (including phenoxy) is 1. The van der Waals surface area contributed by atoms with Crippen LogP contribution in [-0.4, -0.2) is 65.7 Å². The Labute approximate surface area is 150 Å². The minimum Gasteiger partial charge on any atom is -0.384 e. The number of nitrogen functional groups attached to an aromatic ring is 1. The molecule has 0 spiro atoms. The Morgan fingerprint density at radius 3 is 2.74 bits per heavy atom. The van der Waals surface area contributed by atoms with Gasteiger partial charge in [0.15, 0.2) is 35.0 Å². The zero-order valence-electron chi connectivity index (χ0n) is 14.1. The van der Waals surface area contributed by atoms with Crippen molar-refractivity contribution in [2.75, 3.05) is 24.7 Å². The van der Waals surface area contributed by atoms with Gasteiger partial charge in [0, 0.05) is 7.05 Å². The summed E-state index contributed by atoms with van der Waals surface area (Å²) < 4.78 is 50.9.